The van der Waals surface area contributed by atoms with Gasteiger partial charge in [-0.15, -0.1) is 0 Å². The van der Waals surface area contributed by atoms with Gasteiger partial charge in [0.15, 0.2) is 0 Å². The summed E-state index contributed by atoms with van der Waals surface area (Å²) in [5, 5.41) is 8.72. The van der Waals surface area contributed by atoms with E-state index in [1.54, 1.807) is 6.92 Å². The molecule has 0 aromatic carbocycles. The van der Waals surface area contributed by atoms with Crippen LogP contribution in [0.5, 0.6) is 0 Å². The highest BCUT2D eigenvalue weighted by Crippen LogP contribution is 2.19. The first kappa shape index (κ1) is 14.9. The summed E-state index contributed by atoms with van der Waals surface area (Å²) in [6, 6.07) is 0. The lowest BCUT2D eigenvalue weighted by Crippen LogP contribution is -2.44. The van der Waals surface area contributed by atoms with Crippen molar-refractivity contribution in [3.8, 4) is 0 Å². The Kier molecular flexibility index (Phi) is 4.85. The SMILES string of the molecule is CCN1CC(C(=O)N(CC(N)=O)CC(=O)O)CC1=O. The van der Waals surface area contributed by atoms with Gasteiger partial charge in [-0.1, -0.05) is 0 Å². The Hall–Kier alpha value is -2.12. The summed E-state index contributed by atoms with van der Waals surface area (Å²) in [7, 11) is 0. The number of primary amides is 1. The van der Waals surface area contributed by atoms with Crippen LogP contribution < -0.4 is 5.73 Å². The highest BCUT2D eigenvalue weighted by Gasteiger charge is 2.36. The van der Waals surface area contributed by atoms with Crippen LogP contribution in [0.25, 0.3) is 0 Å². The fourth-order valence-electron chi connectivity index (χ4n) is 2.06. The molecule has 106 valence electrons. The first-order valence-corrected chi connectivity index (χ1v) is 5.91. The topological polar surface area (TPSA) is 121 Å². The Bertz CT molecular complexity index is 393. The van der Waals surface area contributed by atoms with E-state index in [0.29, 0.717) is 6.54 Å². The minimum absolute atomic E-state index is 0.0432. The van der Waals surface area contributed by atoms with E-state index in [2.05, 4.69) is 0 Å². The summed E-state index contributed by atoms with van der Waals surface area (Å²) in [5.41, 5.74) is 4.98. The molecule has 1 heterocycles. The molecular weight excluding hydrogens is 254 g/mol. The van der Waals surface area contributed by atoms with E-state index in [1.807, 2.05) is 0 Å². The van der Waals surface area contributed by atoms with Crippen molar-refractivity contribution in [1.29, 1.82) is 0 Å². The van der Waals surface area contributed by atoms with Crippen LogP contribution in [0.2, 0.25) is 0 Å². The number of carbonyl (C=O) groups excluding carboxylic acids is 3. The second-order valence-electron chi connectivity index (χ2n) is 4.39. The number of hydrogen-bond acceptors (Lipinski definition) is 4. The summed E-state index contributed by atoms with van der Waals surface area (Å²) in [4.78, 5) is 47.6. The number of nitrogens with zero attached hydrogens (tertiary/aromatic N) is 2. The van der Waals surface area contributed by atoms with Gasteiger partial charge in [-0.05, 0) is 6.92 Å². The van der Waals surface area contributed by atoms with Crippen molar-refractivity contribution in [1.82, 2.24) is 9.80 Å². The number of rotatable bonds is 6. The molecule has 0 saturated carbocycles. The lowest BCUT2D eigenvalue weighted by atomic mass is 10.1. The van der Waals surface area contributed by atoms with Gasteiger partial charge in [-0.25, -0.2) is 0 Å². The molecule has 0 spiro atoms. The Morgan fingerprint density at radius 2 is 2.05 bits per heavy atom. The highest BCUT2D eigenvalue weighted by atomic mass is 16.4. The van der Waals surface area contributed by atoms with E-state index in [0.717, 1.165) is 4.90 Å². The zero-order chi connectivity index (χ0) is 14.6. The Balaban J connectivity index is 2.74. The van der Waals surface area contributed by atoms with Crippen LogP contribution in [0, 0.1) is 5.92 Å². The normalized spacial score (nSPS) is 18.5. The number of amides is 3. The van der Waals surface area contributed by atoms with Crippen LogP contribution in [0.1, 0.15) is 13.3 Å². The summed E-state index contributed by atoms with van der Waals surface area (Å²) < 4.78 is 0. The van der Waals surface area contributed by atoms with Crippen molar-refractivity contribution in [2.45, 2.75) is 13.3 Å². The molecule has 0 bridgehead atoms. The van der Waals surface area contributed by atoms with E-state index in [1.165, 1.54) is 4.90 Å². The van der Waals surface area contributed by atoms with Gasteiger partial charge in [0.05, 0.1) is 12.5 Å². The van der Waals surface area contributed by atoms with Crippen molar-refractivity contribution in [3.63, 3.8) is 0 Å². The fraction of sp³-hybridized carbons (Fsp3) is 0.636. The molecule has 1 aliphatic rings. The lowest BCUT2D eigenvalue weighted by Gasteiger charge is -2.22. The third-order valence-corrected chi connectivity index (χ3v) is 2.93. The quantitative estimate of drug-likeness (QED) is 0.593. The summed E-state index contributed by atoms with van der Waals surface area (Å²) in [5.74, 6) is -3.29. The molecule has 3 amide bonds. The first-order valence-electron chi connectivity index (χ1n) is 5.91. The van der Waals surface area contributed by atoms with Gasteiger partial charge < -0.3 is 20.6 Å². The molecule has 1 atom stereocenters. The summed E-state index contributed by atoms with van der Waals surface area (Å²) in [6.07, 6.45) is 0.0432. The molecule has 1 fully saturated rings. The molecule has 0 radical (unpaired) electrons. The van der Waals surface area contributed by atoms with E-state index in [9.17, 15) is 19.2 Å². The Labute approximate surface area is 110 Å². The molecule has 1 unspecified atom stereocenters. The van der Waals surface area contributed by atoms with Crippen molar-refractivity contribution in [2.75, 3.05) is 26.2 Å². The van der Waals surface area contributed by atoms with Crippen molar-refractivity contribution in [3.05, 3.63) is 0 Å². The maximum atomic E-state index is 12.1. The number of carboxylic acids is 1. The molecule has 1 rings (SSSR count). The van der Waals surface area contributed by atoms with Crippen molar-refractivity contribution in [2.24, 2.45) is 11.7 Å². The van der Waals surface area contributed by atoms with Gasteiger partial charge >= 0.3 is 5.97 Å². The number of carboxylic acid groups (broad SMARTS) is 1. The number of nitrogens with two attached hydrogens (primary N) is 1. The highest BCUT2D eigenvalue weighted by molar-refractivity contribution is 5.92. The van der Waals surface area contributed by atoms with Crippen LogP contribution in [-0.2, 0) is 19.2 Å². The van der Waals surface area contributed by atoms with Gasteiger partial charge in [0.2, 0.25) is 17.7 Å². The number of aliphatic carboxylic acids is 1. The van der Waals surface area contributed by atoms with Gasteiger partial charge in [-0.2, -0.15) is 0 Å². The monoisotopic (exact) mass is 271 g/mol. The summed E-state index contributed by atoms with van der Waals surface area (Å²) >= 11 is 0. The Morgan fingerprint density at radius 1 is 1.42 bits per heavy atom. The van der Waals surface area contributed by atoms with Crippen LogP contribution in [0.15, 0.2) is 0 Å². The minimum atomic E-state index is -1.23. The smallest absolute Gasteiger partial charge is 0.323 e. The second-order valence-corrected chi connectivity index (χ2v) is 4.39. The van der Waals surface area contributed by atoms with E-state index in [-0.39, 0.29) is 18.9 Å². The largest absolute Gasteiger partial charge is 0.480 e. The van der Waals surface area contributed by atoms with Crippen LogP contribution in [0.4, 0.5) is 0 Å². The van der Waals surface area contributed by atoms with E-state index >= 15 is 0 Å². The molecule has 8 heteroatoms. The van der Waals surface area contributed by atoms with Crippen molar-refractivity contribution >= 4 is 23.7 Å². The van der Waals surface area contributed by atoms with Crippen molar-refractivity contribution < 1.29 is 24.3 Å². The van der Waals surface area contributed by atoms with Crippen LogP contribution in [-0.4, -0.2) is 64.8 Å². The third kappa shape index (κ3) is 3.94. The maximum absolute atomic E-state index is 12.1. The maximum Gasteiger partial charge on any atom is 0.323 e. The molecule has 1 aliphatic heterocycles. The predicted molar refractivity (Wildman–Crippen MR) is 63.8 cm³/mol. The van der Waals surface area contributed by atoms with Crippen LogP contribution in [0.3, 0.4) is 0 Å². The van der Waals surface area contributed by atoms with E-state index < -0.39 is 36.8 Å². The Morgan fingerprint density at radius 3 is 2.47 bits per heavy atom. The molecular formula is C11H17N3O5. The van der Waals surface area contributed by atoms with Crippen LogP contribution >= 0.6 is 0 Å². The number of hydrogen-bond donors (Lipinski definition) is 2. The van der Waals surface area contributed by atoms with Gasteiger partial charge in [-0.3, -0.25) is 19.2 Å². The molecule has 3 N–H and O–H groups in total. The third-order valence-electron chi connectivity index (χ3n) is 2.93. The molecule has 0 aromatic rings. The number of likely N-dealkylation sites (tertiary alicyclic amines) is 1. The predicted octanol–water partition coefficient (Wildman–Crippen LogP) is -1.75. The zero-order valence-corrected chi connectivity index (χ0v) is 10.7. The fourth-order valence-corrected chi connectivity index (χ4v) is 2.06. The van der Waals surface area contributed by atoms with E-state index in [4.69, 9.17) is 10.8 Å². The molecule has 19 heavy (non-hydrogen) atoms. The van der Waals surface area contributed by atoms with Gasteiger partial charge in [0.1, 0.15) is 6.54 Å². The van der Waals surface area contributed by atoms with Gasteiger partial charge in [0.25, 0.3) is 0 Å². The molecule has 0 aromatic heterocycles. The average molecular weight is 271 g/mol. The minimum Gasteiger partial charge on any atom is -0.480 e. The standard InChI is InChI=1S/C11H17N3O5/c1-2-13-4-7(3-9(13)16)11(19)14(5-8(12)15)6-10(17)18/h7H,2-6H2,1H3,(H2,12,15)(H,17,18). The molecule has 0 aliphatic carbocycles. The van der Waals surface area contributed by atoms with Gasteiger partial charge in [0, 0.05) is 19.5 Å². The summed E-state index contributed by atoms with van der Waals surface area (Å²) in [6.45, 7) is 1.49. The molecule has 8 nitrogen and oxygen atoms in total. The second kappa shape index (κ2) is 6.17. The molecule has 1 saturated heterocycles. The average Bonchev–Trinajstić information content (AvgIpc) is 2.67. The number of carbonyl (C=O) groups is 4. The first-order chi connectivity index (χ1) is 8.85. The zero-order valence-electron chi connectivity index (χ0n) is 10.7. The lowest BCUT2D eigenvalue weighted by molar-refractivity contribution is -0.147.